The predicted octanol–water partition coefficient (Wildman–Crippen LogP) is 3.64. The van der Waals surface area contributed by atoms with Gasteiger partial charge < -0.3 is 15.0 Å². The zero-order chi connectivity index (χ0) is 16.9. The van der Waals surface area contributed by atoms with E-state index in [0.717, 1.165) is 39.0 Å². The van der Waals surface area contributed by atoms with E-state index in [4.69, 9.17) is 4.74 Å². The third kappa shape index (κ3) is 4.50. The quantitative estimate of drug-likeness (QED) is 0.829. The van der Waals surface area contributed by atoms with Gasteiger partial charge in [0.2, 0.25) is 0 Å². The van der Waals surface area contributed by atoms with E-state index >= 15 is 0 Å². The highest BCUT2D eigenvalue weighted by Gasteiger charge is 2.35. The van der Waals surface area contributed by atoms with Crippen molar-refractivity contribution in [3.05, 3.63) is 35.9 Å². The van der Waals surface area contributed by atoms with Gasteiger partial charge in [0.05, 0.1) is 6.61 Å². The minimum absolute atomic E-state index is 0.103. The highest BCUT2D eigenvalue weighted by molar-refractivity contribution is 5.75. The van der Waals surface area contributed by atoms with Crippen molar-refractivity contribution in [2.24, 2.45) is 11.8 Å². The summed E-state index contributed by atoms with van der Waals surface area (Å²) in [6.07, 6.45) is 3.37. The number of urea groups is 1. The first-order valence-corrected chi connectivity index (χ1v) is 9.32. The van der Waals surface area contributed by atoms with E-state index in [-0.39, 0.29) is 6.03 Å². The summed E-state index contributed by atoms with van der Waals surface area (Å²) in [5.41, 5.74) is 1.30. The summed E-state index contributed by atoms with van der Waals surface area (Å²) in [5.74, 6) is 1.35. The summed E-state index contributed by atoms with van der Waals surface area (Å²) < 4.78 is 5.47. The molecule has 0 spiro atoms. The van der Waals surface area contributed by atoms with Gasteiger partial charge in [-0.05, 0) is 30.7 Å². The lowest BCUT2D eigenvalue weighted by Gasteiger charge is -2.28. The molecule has 0 radical (unpaired) electrons. The number of ether oxygens (including phenoxy) is 1. The standard InChI is InChI=1S/C20H30N2O2/c1-15(2)19(17-6-4-3-5-7-17)12-21-20(23)22(18-8-9-18)13-16-10-11-24-14-16/h3-7,15-16,18-19H,8-14H2,1-2H3,(H,21,23). The van der Waals surface area contributed by atoms with Gasteiger partial charge in [0.1, 0.15) is 0 Å². The molecule has 4 nitrogen and oxygen atoms in total. The van der Waals surface area contributed by atoms with Crippen LogP contribution in [0.4, 0.5) is 4.79 Å². The van der Waals surface area contributed by atoms with E-state index in [2.05, 4.69) is 48.3 Å². The second-order valence-corrected chi connectivity index (χ2v) is 7.56. The molecule has 2 atom stereocenters. The van der Waals surface area contributed by atoms with Crippen molar-refractivity contribution in [1.29, 1.82) is 0 Å². The number of hydrogen-bond donors (Lipinski definition) is 1. The van der Waals surface area contributed by atoms with Crippen LogP contribution >= 0.6 is 0 Å². The van der Waals surface area contributed by atoms with Gasteiger partial charge >= 0.3 is 6.03 Å². The van der Waals surface area contributed by atoms with Crippen molar-refractivity contribution in [2.75, 3.05) is 26.3 Å². The van der Waals surface area contributed by atoms with Crippen LogP contribution in [0.25, 0.3) is 0 Å². The molecule has 1 aromatic rings. The fraction of sp³-hybridized carbons (Fsp3) is 0.650. The second kappa shape index (κ2) is 8.02. The van der Waals surface area contributed by atoms with Gasteiger partial charge in [0.25, 0.3) is 0 Å². The van der Waals surface area contributed by atoms with Crippen LogP contribution in [0.3, 0.4) is 0 Å². The topological polar surface area (TPSA) is 41.6 Å². The van der Waals surface area contributed by atoms with E-state index < -0.39 is 0 Å². The van der Waals surface area contributed by atoms with Gasteiger partial charge in [-0.15, -0.1) is 0 Å². The van der Waals surface area contributed by atoms with Crippen molar-refractivity contribution in [3.63, 3.8) is 0 Å². The van der Waals surface area contributed by atoms with E-state index in [1.807, 2.05) is 6.07 Å². The molecule has 2 amide bonds. The number of nitrogens with one attached hydrogen (secondary N) is 1. The average Bonchev–Trinajstić information content (AvgIpc) is 3.29. The van der Waals surface area contributed by atoms with Gasteiger partial charge in [-0.25, -0.2) is 4.79 Å². The lowest BCUT2D eigenvalue weighted by molar-refractivity contribution is 0.161. The molecule has 2 unspecified atom stereocenters. The summed E-state index contributed by atoms with van der Waals surface area (Å²) in [5, 5.41) is 3.20. The lowest BCUT2D eigenvalue weighted by Crippen LogP contribution is -2.45. The van der Waals surface area contributed by atoms with Gasteiger partial charge in [-0.2, -0.15) is 0 Å². The van der Waals surface area contributed by atoms with E-state index in [1.54, 1.807) is 0 Å². The third-order valence-corrected chi connectivity index (χ3v) is 5.23. The predicted molar refractivity (Wildman–Crippen MR) is 96.1 cm³/mol. The third-order valence-electron chi connectivity index (χ3n) is 5.23. The first-order valence-electron chi connectivity index (χ1n) is 9.32. The highest BCUT2D eigenvalue weighted by Crippen LogP contribution is 2.29. The Hall–Kier alpha value is -1.55. The van der Waals surface area contributed by atoms with Crippen molar-refractivity contribution < 1.29 is 9.53 Å². The largest absolute Gasteiger partial charge is 0.381 e. The van der Waals surface area contributed by atoms with Crippen molar-refractivity contribution in [1.82, 2.24) is 10.2 Å². The van der Waals surface area contributed by atoms with Crippen LogP contribution in [0.2, 0.25) is 0 Å². The summed E-state index contributed by atoms with van der Waals surface area (Å²) in [6.45, 7) is 7.62. The molecule has 1 heterocycles. The number of carbonyl (C=O) groups is 1. The molecule has 1 N–H and O–H groups in total. The van der Waals surface area contributed by atoms with Crippen LogP contribution in [0.5, 0.6) is 0 Å². The van der Waals surface area contributed by atoms with Gasteiger partial charge in [-0.3, -0.25) is 0 Å². The fourth-order valence-corrected chi connectivity index (χ4v) is 3.53. The number of carbonyl (C=O) groups excluding carboxylic acids is 1. The zero-order valence-electron chi connectivity index (χ0n) is 14.9. The van der Waals surface area contributed by atoms with E-state index in [1.165, 1.54) is 5.56 Å². The Morgan fingerprint density at radius 2 is 2.00 bits per heavy atom. The number of hydrogen-bond acceptors (Lipinski definition) is 2. The number of rotatable bonds is 7. The summed E-state index contributed by atoms with van der Waals surface area (Å²) in [7, 11) is 0. The number of benzene rings is 1. The normalized spacial score (nSPS) is 21.7. The highest BCUT2D eigenvalue weighted by atomic mass is 16.5. The molecule has 24 heavy (non-hydrogen) atoms. The minimum Gasteiger partial charge on any atom is -0.381 e. The van der Waals surface area contributed by atoms with Crippen LogP contribution in [0.1, 0.15) is 44.6 Å². The second-order valence-electron chi connectivity index (χ2n) is 7.56. The first-order chi connectivity index (χ1) is 11.6. The molecule has 3 rings (SSSR count). The number of amides is 2. The Labute approximate surface area is 145 Å². The van der Waals surface area contributed by atoms with Crippen LogP contribution in [-0.4, -0.2) is 43.3 Å². The Kier molecular flexibility index (Phi) is 5.77. The van der Waals surface area contributed by atoms with E-state index in [0.29, 0.717) is 30.3 Å². The zero-order valence-corrected chi connectivity index (χ0v) is 14.9. The van der Waals surface area contributed by atoms with Gasteiger partial charge in [-0.1, -0.05) is 44.2 Å². The van der Waals surface area contributed by atoms with E-state index in [9.17, 15) is 4.79 Å². The maximum absolute atomic E-state index is 12.7. The molecule has 0 bridgehead atoms. The maximum atomic E-state index is 12.7. The lowest BCUT2D eigenvalue weighted by atomic mass is 9.88. The molecule has 2 aliphatic rings. The van der Waals surface area contributed by atoms with Crippen molar-refractivity contribution >= 4 is 6.03 Å². The molecular formula is C20H30N2O2. The Morgan fingerprint density at radius 1 is 1.25 bits per heavy atom. The fourth-order valence-electron chi connectivity index (χ4n) is 3.53. The van der Waals surface area contributed by atoms with Crippen LogP contribution in [0, 0.1) is 11.8 Å². The smallest absolute Gasteiger partial charge is 0.317 e. The Balaban J connectivity index is 1.57. The van der Waals surface area contributed by atoms with Gasteiger partial charge in [0.15, 0.2) is 0 Å². The van der Waals surface area contributed by atoms with Crippen molar-refractivity contribution in [3.8, 4) is 0 Å². The molecule has 1 saturated heterocycles. The SMILES string of the molecule is CC(C)C(CNC(=O)N(CC1CCOC1)C1CC1)c1ccccc1. The maximum Gasteiger partial charge on any atom is 0.317 e. The summed E-state index contributed by atoms with van der Waals surface area (Å²) in [6, 6.07) is 11.0. The summed E-state index contributed by atoms with van der Waals surface area (Å²) >= 11 is 0. The molecule has 1 aromatic carbocycles. The first kappa shape index (κ1) is 17.3. The molecule has 0 aromatic heterocycles. The summed E-state index contributed by atoms with van der Waals surface area (Å²) in [4.78, 5) is 14.8. The minimum atomic E-state index is 0.103. The van der Waals surface area contributed by atoms with Crippen LogP contribution in [-0.2, 0) is 4.74 Å². The average molecular weight is 330 g/mol. The molecule has 2 fully saturated rings. The van der Waals surface area contributed by atoms with Crippen LogP contribution < -0.4 is 5.32 Å². The molecule has 1 saturated carbocycles. The molecule has 132 valence electrons. The molecule has 1 aliphatic carbocycles. The molecular weight excluding hydrogens is 300 g/mol. The van der Waals surface area contributed by atoms with Gasteiger partial charge in [0, 0.05) is 37.6 Å². The Morgan fingerprint density at radius 3 is 2.58 bits per heavy atom. The Bertz CT molecular complexity index is 522. The monoisotopic (exact) mass is 330 g/mol. The molecule has 1 aliphatic heterocycles. The molecule has 4 heteroatoms. The number of nitrogens with zero attached hydrogens (tertiary/aromatic N) is 1. The van der Waals surface area contributed by atoms with Crippen LogP contribution in [0.15, 0.2) is 30.3 Å². The van der Waals surface area contributed by atoms with Crippen molar-refractivity contribution in [2.45, 2.75) is 45.1 Å².